The van der Waals surface area contributed by atoms with Crippen molar-refractivity contribution in [3.05, 3.63) is 95.6 Å². The molecule has 6 rings (SSSR count). The van der Waals surface area contributed by atoms with Crippen molar-refractivity contribution in [2.24, 2.45) is 0 Å². The van der Waals surface area contributed by atoms with Crippen molar-refractivity contribution >= 4 is 93.1 Å². The van der Waals surface area contributed by atoms with E-state index in [-0.39, 0.29) is 108 Å². The van der Waals surface area contributed by atoms with Gasteiger partial charge in [0, 0.05) is 11.1 Å². The molecular weight excluding hydrogens is 885 g/mol. The minimum atomic E-state index is -0.722. The highest BCUT2D eigenvalue weighted by Gasteiger charge is 2.32. The third-order valence-electron chi connectivity index (χ3n) is 8.34. The molecule has 0 amide bonds. The molecule has 0 atom stereocenters. The van der Waals surface area contributed by atoms with Gasteiger partial charge in [-0.25, -0.2) is 9.36 Å². The zero-order valence-corrected chi connectivity index (χ0v) is 35.1. The number of aromatic nitrogens is 8. The molecule has 58 heavy (non-hydrogen) atoms. The summed E-state index contributed by atoms with van der Waals surface area (Å²) >= 11 is 39.9. The number of carbonyl (C=O) groups is 4. The quantitative estimate of drug-likeness (QED) is 0.0778. The Morgan fingerprint density at radius 2 is 1.16 bits per heavy atom. The van der Waals surface area contributed by atoms with Crippen LogP contribution in [-0.4, -0.2) is 90.5 Å². The van der Waals surface area contributed by atoms with E-state index >= 15 is 0 Å². The third-order valence-corrected chi connectivity index (χ3v) is 10.5. The highest BCUT2D eigenvalue weighted by molar-refractivity contribution is 6.45. The first-order valence-electron chi connectivity index (χ1n) is 16.8. The first kappa shape index (κ1) is 42.5. The number of esters is 2. The predicted molar refractivity (Wildman–Crippen MR) is 214 cm³/mol. The molecule has 16 nitrogen and oxygen atoms in total. The van der Waals surface area contributed by atoms with Crippen LogP contribution in [0.25, 0.3) is 28.2 Å². The number of nitrogens with zero attached hydrogens (tertiary/aromatic N) is 7. The molecule has 0 radical (unpaired) electrons. The molecule has 1 N–H and O–H groups in total. The molecule has 0 unspecified atom stereocenters. The maximum Gasteiger partial charge on any atom is 0.327 e. The van der Waals surface area contributed by atoms with Crippen molar-refractivity contribution in [2.75, 3.05) is 27.4 Å². The van der Waals surface area contributed by atoms with Gasteiger partial charge in [-0.15, -0.1) is 10.2 Å². The number of ether oxygens (including phenoxy) is 4. The van der Waals surface area contributed by atoms with Gasteiger partial charge in [0.2, 0.25) is 11.6 Å². The molecule has 4 aromatic heterocycles. The summed E-state index contributed by atoms with van der Waals surface area (Å²) in [5.41, 5.74) is 0.655. The fourth-order valence-electron chi connectivity index (χ4n) is 5.79. The van der Waals surface area contributed by atoms with Crippen LogP contribution >= 0.6 is 69.6 Å². The average molecular weight is 913 g/mol. The van der Waals surface area contributed by atoms with E-state index < -0.39 is 23.5 Å². The number of rotatable bonds is 15. The van der Waals surface area contributed by atoms with E-state index in [4.69, 9.17) is 88.6 Å². The Morgan fingerprint density at radius 3 is 1.62 bits per heavy atom. The fraction of sp³-hybridized carbons (Fsp3) is 0.222. The summed E-state index contributed by atoms with van der Waals surface area (Å²) in [4.78, 5) is 55.6. The Kier molecular flexibility index (Phi) is 13.0. The summed E-state index contributed by atoms with van der Waals surface area (Å²) in [6, 6.07) is 6.91. The van der Waals surface area contributed by atoms with Crippen LogP contribution in [0.3, 0.4) is 0 Å². The van der Waals surface area contributed by atoms with Gasteiger partial charge in [0.25, 0.3) is 0 Å². The summed E-state index contributed by atoms with van der Waals surface area (Å²) in [6.45, 7) is 3.40. The highest BCUT2D eigenvalue weighted by atomic mass is 35.5. The van der Waals surface area contributed by atoms with Crippen LogP contribution in [0.4, 0.5) is 0 Å². The Bertz CT molecular complexity index is 2420. The molecule has 4 heterocycles. The van der Waals surface area contributed by atoms with Crippen molar-refractivity contribution < 1.29 is 38.1 Å². The van der Waals surface area contributed by atoms with Gasteiger partial charge in [-0.1, -0.05) is 80.0 Å². The second kappa shape index (κ2) is 17.8. The maximum absolute atomic E-state index is 14.4. The molecule has 302 valence electrons. The summed E-state index contributed by atoms with van der Waals surface area (Å²) in [6.07, 6.45) is 2.96. The number of aromatic amines is 1. The number of nitrogens with one attached hydrogen (secondary N) is 1. The van der Waals surface area contributed by atoms with Gasteiger partial charge in [-0.2, -0.15) is 0 Å². The molecule has 0 bridgehead atoms. The Hall–Kier alpha value is -5.10. The molecule has 0 aliphatic carbocycles. The van der Waals surface area contributed by atoms with Gasteiger partial charge in [0.05, 0.1) is 77.4 Å². The van der Waals surface area contributed by atoms with Crippen molar-refractivity contribution in [1.82, 2.24) is 39.5 Å². The second-order valence-corrected chi connectivity index (χ2v) is 14.3. The van der Waals surface area contributed by atoms with Crippen LogP contribution < -0.4 is 9.47 Å². The molecule has 2 aromatic carbocycles. The molecule has 0 saturated carbocycles. The van der Waals surface area contributed by atoms with Gasteiger partial charge in [0.15, 0.2) is 0 Å². The van der Waals surface area contributed by atoms with E-state index in [0.29, 0.717) is 11.1 Å². The lowest BCUT2D eigenvalue weighted by Crippen LogP contribution is -2.14. The van der Waals surface area contributed by atoms with Crippen molar-refractivity contribution in [1.29, 1.82) is 0 Å². The largest absolute Gasteiger partial charge is 0.496 e. The first-order valence-corrected chi connectivity index (χ1v) is 19.1. The van der Waals surface area contributed by atoms with E-state index in [2.05, 4.69) is 25.6 Å². The van der Waals surface area contributed by atoms with Gasteiger partial charge < -0.3 is 23.9 Å². The number of hydrogen-bond acceptors (Lipinski definition) is 12. The number of benzene rings is 2. The second-order valence-electron chi connectivity index (χ2n) is 11.9. The number of carbonyl (C=O) groups excluding carboxylic acids is 4. The molecule has 0 saturated heterocycles. The zero-order valence-electron chi connectivity index (χ0n) is 30.5. The summed E-state index contributed by atoms with van der Waals surface area (Å²) in [5.74, 6) is -2.31. The summed E-state index contributed by atoms with van der Waals surface area (Å²) in [5, 5.41) is 15.6. The van der Waals surface area contributed by atoms with E-state index in [1.54, 1.807) is 13.8 Å². The molecule has 0 spiro atoms. The van der Waals surface area contributed by atoms with Gasteiger partial charge in [0.1, 0.15) is 57.0 Å². The monoisotopic (exact) mass is 910 g/mol. The Morgan fingerprint density at radius 1 is 0.672 bits per heavy atom. The van der Waals surface area contributed by atoms with Crippen molar-refractivity contribution in [3.8, 4) is 39.7 Å². The van der Waals surface area contributed by atoms with Crippen LogP contribution in [0.1, 0.15) is 46.0 Å². The molecule has 0 aliphatic rings. The molecular formula is C36H28Cl6N8O8. The summed E-state index contributed by atoms with van der Waals surface area (Å²) < 4.78 is 24.8. The number of hydrogen-bond donors (Lipinski definition) is 1. The Labute approximate surface area is 358 Å². The van der Waals surface area contributed by atoms with Gasteiger partial charge in [-0.3, -0.25) is 23.7 Å². The lowest BCUT2D eigenvalue weighted by Gasteiger charge is -2.15. The zero-order chi connectivity index (χ0) is 42.0. The average Bonchev–Trinajstić information content (AvgIpc) is 3.98. The lowest BCUT2D eigenvalue weighted by molar-refractivity contribution is -0.145. The molecule has 0 aliphatic heterocycles. The van der Waals surface area contributed by atoms with E-state index in [0.717, 1.165) is 4.57 Å². The molecule has 6 aromatic rings. The fourth-order valence-corrected chi connectivity index (χ4v) is 7.14. The number of H-pyrrole nitrogens is 1. The first-order chi connectivity index (χ1) is 27.7. The lowest BCUT2D eigenvalue weighted by atomic mass is 10.0. The topological polar surface area (TPSA) is 187 Å². The van der Waals surface area contributed by atoms with Crippen LogP contribution in [0.5, 0.6) is 11.5 Å². The van der Waals surface area contributed by atoms with Gasteiger partial charge in [-0.05, 0) is 44.2 Å². The van der Waals surface area contributed by atoms with Crippen molar-refractivity contribution in [3.63, 3.8) is 0 Å². The van der Waals surface area contributed by atoms with Crippen LogP contribution in [0.2, 0.25) is 30.4 Å². The SMILES string of the molecule is CCOC(=O)Cn1cc(-c2cc(OC)c(C(=O)c3[nH]c(Cl)c(Cl)c3-n3c(C(=O)c4cc(Cl)c(-c5cn(CC(=O)OCC)nn5)cc4OC)cc(Cl)c3Cl)cc2Cl)nn1. The van der Waals surface area contributed by atoms with Crippen molar-refractivity contribution in [2.45, 2.75) is 26.9 Å². The van der Waals surface area contributed by atoms with Gasteiger partial charge >= 0.3 is 11.9 Å². The summed E-state index contributed by atoms with van der Waals surface area (Å²) in [7, 11) is 2.68. The molecule has 22 heteroatoms. The maximum atomic E-state index is 14.4. The minimum Gasteiger partial charge on any atom is -0.496 e. The smallest absolute Gasteiger partial charge is 0.327 e. The van der Waals surface area contributed by atoms with E-state index in [1.807, 2.05) is 0 Å². The van der Waals surface area contributed by atoms with Crippen LogP contribution in [0.15, 0.2) is 42.7 Å². The number of methoxy groups -OCH3 is 2. The third kappa shape index (κ3) is 8.39. The Balaban J connectivity index is 1.39. The van der Waals surface area contributed by atoms with E-state index in [1.165, 1.54) is 66.3 Å². The standard InChI is InChI=1S/C36H28Cl6N8O8/c1-5-57-28(51)14-48-12-23(44-46-48)16-9-26(55-3)18(7-20(16)37)33(53)25-11-22(39)36(42)50(25)32-30(40)35(41)43-31(32)34(54)19-8-21(38)17(10-27(19)56-4)24-13-49(47-45-24)15-29(52)58-6-2/h7-13,43H,5-6,14-15H2,1-4H3. The normalized spacial score (nSPS) is 11.1. The number of halogens is 6. The predicted octanol–water partition coefficient (Wildman–Crippen LogP) is 7.85. The highest BCUT2D eigenvalue weighted by Crippen LogP contribution is 2.42. The number of ketones is 2. The van der Waals surface area contributed by atoms with Crippen LogP contribution in [-0.2, 0) is 32.2 Å². The van der Waals surface area contributed by atoms with Crippen LogP contribution in [0, 0.1) is 0 Å². The molecule has 0 fully saturated rings. The van der Waals surface area contributed by atoms with E-state index in [9.17, 15) is 19.2 Å². The minimum absolute atomic E-state index is 0.0314.